The fraction of sp³-hybridized carbons (Fsp3) is 0.769. The summed E-state index contributed by atoms with van der Waals surface area (Å²) in [4.78, 5) is 34.3. The average molecular weight is 285 g/mol. The van der Waals surface area contributed by atoms with Crippen molar-refractivity contribution < 1.29 is 19.5 Å². The first-order valence-electron chi connectivity index (χ1n) is 6.82. The van der Waals surface area contributed by atoms with E-state index in [9.17, 15) is 14.4 Å². The maximum absolute atomic E-state index is 12.0. The van der Waals surface area contributed by atoms with Crippen LogP contribution in [0.2, 0.25) is 0 Å². The molecule has 0 aliphatic heterocycles. The lowest BCUT2D eigenvalue weighted by Gasteiger charge is -2.30. The summed E-state index contributed by atoms with van der Waals surface area (Å²) in [5, 5.41) is 13.9. The molecule has 1 aliphatic rings. The van der Waals surface area contributed by atoms with E-state index in [1.165, 1.54) is 0 Å². The number of carbonyl (C=O) groups excluding carboxylic acids is 2. The number of carboxylic acid groups (broad SMARTS) is 1. The van der Waals surface area contributed by atoms with Gasteiger partial charge in [0.05, 0.1) is 12.5 Å². The van der Waals surface area contributed by atoms with Gasteiger partial charge in [0.1, 0.15) is 5.66 Å². The Morgan fingerprint density at radius 1 is 1.25 bits per heavy atom. The fourth-order valence-corrected chi connectivity index (χ4v) is 2.31. The van der Waals surface area contributed by atoms with Crippen molar-refractivity contribution in [1.29, 1.82) is 0 Å². The zero-order chi connectivity index (χ0) is 15.3. The molecule has 0 aromatic carbocycles. The van der Waals surface area contributed by atoms with Crippen LogP contribution in [0, 0.1) is 5.92 Å². The van der Waals surface area contributed by atoms with Crippen LogP contribution in [0.15, 0.2) is 0 Å². The molecule has 0 aromatic heterocycles. The lowest BCUT2D eigenvalue weighted by atomic mass is 10.1. The highest BCUT2D eigenvalue weighted by molar-refractivity contribution is 5.87. The predicted octanol–water partition coefficient (Wildman–Crippen LogP) is -0.0529. The van der Waals surface area contributed by atoms with Crippen molar-refractivity contribution in [2.45, 2.75) is 57.7 Å². The van der Waals surface area contributed by atoms with E-state index in [4.69, 9.17) is 10.8 Å². The molecule has 1 fully saturated rings. The lowest BCUT2D eigenvalue weighted by Crippen LogP contribution is -2.60. The van der Waals surface area contributed by atoms with E-state index in [0.717, 1.165) is 25.7 Å². The second-order valence-electron chi connectivity index (χ2n) is 5.79. The molecule has 1 rings (SSSR count). The molecule has 0 radical (unpaired) electrons. The Morgan fingerprint density at radius 2 is 1.80 bits per heavy atom. The van der Waals surface area contributed by atoms with Crippen molar-refractivity contribution >= 4 is 17.8 Å². The molecule has 5 N–H and O–H groups in total. The molecule has 1 atom stereocenters. The van der Waals surface area contributed by atoms with Crippen molar-refractivity contribution in [1.82, 2.24) is 10.6 Å². The summed E-state index contributed by atoms with van der Waals surface area (Å²) in [6.07, 6.45) is 3.39. The monoisotopic (exact) mass is 285 g/mol. The molecule has 0 unspecified atom stereocenters. The van der Waals surface area contributed by atoms with E-state index < -0.39 is 30.0 Å². The number of hydrogen-bond donors (Lipinski definition) is 4. The van der Waals surface area contributed by atoms with Crippen LogP contribution in [0.5, 0.6) is 0 Å². The molecule has 0 saturated heterocycles. The Bertz CT molecular complexity index is 389. The normalized spacial score (nSPS) is 17.6. The Labute approximate surface area is 118 Å². The van der Waals surface area contributed by atoms with E-state index in [1.54, 1.807) is 13.8 Å². The Balaban J connectivity index is 2.49. The number of amides is 2. The van der Waals surface area contributed by atoms with Crippen molar-refractivity contribution in [2.75, 3.05) is 0 Å². The van der Waals surface area contributed by atoms with Crippen LogP contribution < -0.4 is 16.4 Å². The molecule has 20 heavy (non-hydrogen) atoms. The van der Waals surface area contributed by atoms with Gasteiger partial charge in [0.25, 0.3) is 0 Å². The maximum atomic E-state index is 12.0. The van der Waals surface area contributed by atoms with E-state index >= 15 is 0 Å². The first-order chi connectivity index (χ1) is 9.21. The number of hydrogen-bond acceptors (Lipinski definition) is 4. The summed E-state index contributed by atoms with van der Waals surface area (Å²) in [7, 11) is 0. The molecule has 7 heteroatoms. The molecule has 0 heterocycles. The summed E-state index contributed by atoms with van der Waals surface area (Å²) < 4.78 is 0. The second-order valence-corrected chi connectivity index (χ2v) is 5.79. The SMILES string of the molecule is CC(C)(NC(=O)C1CCCC1)NC(=O)[C@@H](N)CC(=O)O. The van der Waals surface area contributed by atoms with Gasteiger partial charge in [-0.25, -0.2) is 0 Å². The molecule has 114 valence electrons. The van der Waals surface area contributed by atoms with Crippen molar-refractivity contribution in [3.8, 4) is 0 Å². The summed E-state index contributed by atoms with van der Waals surface area (Å²) in [6, 6.07) is -1.13. The summed E-state index contributed by atoms with van der Waals surface area (Å²) in [5.41, 5.74) is 4.52. The summed E-state index contributed by atoms with van der Waals surface area (Å²) in [5.74, 6) is -1.82. The van der Waals surface area contributed by atoms with E-state index in [2.05, 4.69) is 10.6 Å². The number of carboxylic acids is 1. The minimum atomic E-state index is -1.14. The van der Waals surface area contributed by atoms with Crippen LogP contribution >= 0.6 is 0 Å². The fourth-order valence-electron chi connectivity index (χ4n) is 2.31. The van der Waals surface area contributed by atoms with Gasteiger partial charge in [-0.3, -0.25) is 14.4 Å². The van der Waals surface area contributed by atoms with E-state index in [-0.39, 0.29) is 11.8 Å². The third kappa shape index (κ3) is 5.16. The van der Waals surface area contributed by atoms with Gasteiger partial charge in [0, 0.05) is 5.92 Å². The molecule has 0 bridgehead atoms. The molecule has 7 nitrogen and oxygen atoms in total. The van der Waals surface area contributed by atoms with Crippen LogP contribution in [-0.4, -0.2) is 34.6 Å². The summed E-state index contributed by atoms with van der Waals surface area (Å²) in [6.45, 7) is 3.29. The van der Waals surface area contributed by atoms with E-state index in [1.807, 2.05) is 0 Å². The average Bonchev–Trinajstić information content (AvgIpc) is 2.79. The van der Waals surface area contributed by atoms with Crippen LogP contribution in [0.25, 0.3) is 0 Å². The van der Waals surface area contributed by atoms with Gasteiger partial charge >= 0.3 is 5.97 Å². The minimum Gasteiger partial charge on any atom is -0.481 e. The number of nitrogens with two attached hydrogens (primary N) is 1. The zero-order valence-corrected chi connectivity index (χ0v) is 11.9. The highest BCUT2D eigenvalue weighted by Gasteiger charge is 2.30. The third-order valence-electron chi connectivity index (χ3n) is 3.33. The van der Waals surface area contributed by atoms with Gasteiger partial charge in [-0.05, 0) is 26.7 Å². The standard InChI is InChI=1S/C13H23N3O4/c1-13(2,15-11(19)8-5-3-4-6-8)16-12(20)9(14)7-10(17)18/h8-9H,3-7,14H2,1-2H3,(H,15,19)(H,16,20)(H,17,18)/t9-/m0/s1. The maximum Gasteiger partial charge on any atom is 0.305 e. The van der Waals surface area contributed by atoms with Crippen LogP contribution in [0.3, 0.4) is 0 Å². The van der Waals surface area contributed by atoms with Crippen LogP contribution in [0.4, 0.5) is 0 Å². The molecule has 1 aliphatic carbocycles. The van der Waals surface area contributed by atoms with Crippen LogP contribution in [-0.2, 0) is 14.4 Å². The minimum absolute atomic E-state index is 0.00105. The van der Waals surface area contributed by atoms with Gasteiger partial charge in [0.2, 0.25) is 11.8 Å². The highest BCUT2D eigenvalue weighted by Crippen LogP contribution is 2.25. The third-order valence-corrected chi connectivity index (χ3v) is 3.33. The quantitative estimate of drug-likeness (QED) is 0.510. The molecular formula is C13H23N3O4. The molecule has 1 saturated carbocycles. The Morgan fingerprint density at radius 3 is 2.30 bits per heavy atom. The number of carbonyl (C=O) groups is 3. The number of nitrogens with one attached hydrogen (secondary N) is 2. The smallest absolute Gasteiger partial charge is 0.305 e. The largest absolute Gasteiger partial charge is 0.481 e. The van der Waals surface area contributed by atoms with Crippen molar-refractivity contribution in [2.24, 2.45) is 11.7 Å². The van der Waals surface area contributed by atoms with Gasteiger partial charge in [-0.1, -0.05) is 12.8 Å². The second kappa shape index (κ2) is 6.69. The zero-order valence-electron chi connectivity index (χ0n) is 11.9. The first kappa shape index (κ1) is 16.4. The Hall–Kier alpha value is -1.63. The topological polar surface area (TPSA) is 122 Å². The first-order valence-corrected chi connectivity index (χ1v) is 6.82. The summed E-state index contributed by atoms with van der Waals surface area (Å²) >= 11 is 0. The highest BCUT2D eigenvalue weighted by atomic mass is 16.4. The van der Waals surface area contributed by atoms with E-state index in [0.29, 0.717) is 0 Å². The van der Waals surface area contributed by atoms with Gasteiger partial charge in [-0.15, -0.1) is 0 Å². The Kier molecular flexibility index (Phi) is 5.50. The molecule has 2 amide bonds. The lowest BCUT2D eigenvalue weighted by molar-refractivity contribution is -0.140. The number of rotatable bonds is 6. The van der Waals surface area contributed by atoms with Gasteiger partial charge in [-0.2, -0.15) is 0 Å². The van der Waals surface area contributed by atoms with Crippen molar-refractivity contribution in [3.05, 3.63) is 0 Å². The van der Waals surface area contributed by atoms with Crippen molar-refractivity contribution in [3.63, 3.8) is 0 Å². The van der Waals surface area contributed by atoms with Gasteiger partial charge in [0.15, 0.2) is 0 Å². The predicted molar refractivity (Wildman–Crippen MR) is 72.6 cm³/mol. The number of aliphatic carboxylic acids is 1. The molecule has 0 spiro atoms. The van der Waals surface area contributed by atoms with Crippen LogP contribution in [0.1, 0.15) is 46.0 Å². The molecular weight excluding hydrogens is 262 g/mol. The molecule has 0 aromatic rings. The van der Waals surface area contributed by atoms with Gasteiger partial charge < -0.3 is 21.5 Å².